The summed E-state index contributed by atoms with van der Waals surface area (Å²) in [5.41, 5.74) is 0.813. The molecule has 1 aromatic rings. The molecular weight excluding hydrogens is 288 g/mol. The zero-order valence-electron chi connectivity index (χ0n) is 9.17. The van der Waals surface area contributed by atoms with Crippen molar-refractivity contribution >= 4 is 21.6 Å². The van der Waals surface area contributed by atoms with Crippen LogP contribution in [-0.4, -0.2) is 34.1 Å². The van der Waals surface area contributed by atoms with E-state index in [1.807, 2.05) is 4.90 Å². The third-order valence-corrected chi connectivity index (χ3v) is 3.38. The highest BCUT2D eigenvalue weighted by Crippen LogP contribution is 2.25. The topological polar surface area (TPSA) is 66.6 Å². The maximum Gasteiger partial charge on any atom is 0.275 e. The molecule has 0 aliphatic carbocycles. The zero-order chi connectivity index (χ0) is 12.4. The van der Waals surface area contributed by atoms with Gasteiger partial charge in [-0.3, -0.25) is 15.0 Å². The molecule has 1 unspecified atom stereocenters. The molecule has 1 N–H and O–H groups in total. The van der Waals surface area contributed by atoms with Crippen LogP contribution < -0.4 is 0 Å². The molecule has 0 aromatic heterocycles. The van der Waals surface area contributed by atoms with Gasteiger partial charge in [0.1, 0.15) is 0 Å². The lowest BCUT2D eigenvalue weighted by molar-refractivity contribution is -0.385. The molecular formula is C11H13BrN2O3. The maximum atomic E-state index is 10.9. The molecule has 0 spiro atoms. The second-order valence-electron chi connectivity index (χ2n) is 4.21. The Balaban J connectivity index is 2.17. The molecule has 2 rings (SSSR count). The minimum Gasteiger partial charge on any atom is -0.392 e. The van der Waals surface area contributed by atoms with Crippen molar-refractivity contribution in [2.75, 3.05) is 13.1 Å². The van der Waals surface area contributed by atoms with E-state index in [2.05, 4.69) is 15.9 Å². The third-order valence-electron chi connectivity index (χ3n) is 2.89. The standard InChI is InChI=1S/C11H13BrN2O3/c12-9-2-1-8(11(5-9)14(16)17)6-13-4-3-10(15)7-13/h1-2,5,10,15H,3-4,6-7H2. The van der Waals surface area contributed by atoms with Gasteiger partial charge in [0.25, 0.3) is 5.69 Å². The third kappa shape index (κ3) is 3.02. The lowest BCUT2D eigenvalue weighted by Crippen LogP contribution is -2.22. The Morgan fingerprint density at radius 2 is 2.35 bits per heavy atom. The number of β-amino-alcohol motifs (C(OH)–C–C–N with tert-alkyl or cyclic N) is 1. The molecule has 0 amide bonds. The fourth-order valence-corrected chi connectivity index (χ4v) is 2.39. The van der Waals surface area contributed by atoms with Gasteiger partial charge in [-0.05, 0) is 18.6 Å². The first-order chi connectivity index (χ1) is 8.06. The van der Waals surface area contributed by atoms with Crippen molar-refractivity contribution < 1.29 is 10.0 Å². The van der Waals surface area contributed by atoms with E-state index >= 15 is 0 Å². The van der Waals surface area contributed by atoms with Crippen molar-refractivity contribution in [3.05, 3.63) is 38.3 Å². The van der Waals surface area contributed by atoms with E-state index in [1.54, 1.807) is 12.1 Å². The summed E-state index contributed by atoms with van der Waals surface area (Å²) in [6, 6.07) is 5.07. The Morgan fingerprint density at radius 1 is 1.59 bits per heavy atom. The monoisotopic (exact) mass is 300 g/mol. The molecule has 1 saturated heterocycles. The van der Waals surface area contributed by atoms with Crippen LogP contribution >= 0.6 is 15.9 Å². The van der Waals surface area contributed by atoms with Crippen LogP contribution in [0.4, 0.5) is 5.69 Å². The molecule has 0 bridgehead atoms. The molecule has 0 radical (unpaired) electrons. The summed E-state index contributed by atoms with van der Waals surface area (Å²) in [5, 5.41) is 20.3. The highest BCUT2D eigenvalue weighted by atomic mass is 79.9. The summed E-state index contributed by atoms with van der Waals surface area (Å²) in [6.45, 7) is 1.89. The van der Waals surface area contributed by atoms with E-state index in [9.17, 15) is 15.2 Å². The largest absolute Gasteiger partial charge is 0.392 e. The van der Waals surface area contributed by atoms with Crippen LogP contribution in [0.2, 0.25) is 0 Å². The quantitative estimate of drug-likeness (QED) is 0.684. The van der Waals surface area contributed by atoms with E-state index in [0.29, 0.717) is 23.1 Å². The van der Waals surface area contributed by atoms with Crippen molar-refractivity contribution in [2.45, 2.75) is 19.1 Å². The van der Waals surface area contributed by atoms with Gasteiger partial charge in [0.05, 0.1) is 11.0 Å². The molecule has 1 atom stereocenters. The van der Waals surface area contributed by atoms with Gasteiger partial charge in [0.15, 0.2) is 0 Å². The number of hydrogen-bond donors (Lipinski definition) is 1. The zero-order valence-corrected chi connectivity index (χ0v) is 10.8. The van der Waals surface area contributed by atoms with Crippen LogP contribution in [0.3, 0.4) is 0 Å². The predicted molar refractivity (Wildman–Crippen MR) is 66.7 cm³/mol. The van der Waals surface area contributed by atoms with E-state index in [0.717, 1.165) is 13.0 Å². The average Bonchev–Trinajstić information content (AvgIpc) is 2.66. The van der Waals surface area contributed by atoms with Crippen molar-refractivity contribution in [2.24, 2.45) is 0 Å². The van der Waals surface area contributed by atoms with E-state index < -0.39 is 0 Å². The highest BCUT2D eigenvalue weighted by molar-refractivity contribution is 9.10. The van der Waals surface area contributed by atoms with E-state index in [4.69, 9.17) is 0 Å². The van der Waals surface area contributed by atoms with Crippen molar-refractivity contribution in [1.82, 2.24) is 4.90 Å². The maximum absolute atomic E-state index is 10.9. The first kappa shape index (κ1) is 12.5. The number of nitro groups is 1. The molecule has 1 heterocycles. The molecule has 1 fully saturated rings. The minimum atomic E-state index is -0.368. The van der Waals surface area contributed by atoms with Gasteiger partial charge >= 0.3 is 0 Å². The van der Waals surface area contributed by atoms with Crippen molar-refractivity contribution in [3.63, 3.8) is 0 Å². The lowest BCUT2D eigenvalue weighted by Gasteiger charge is -2.14. The number of aliphatic hydroxyl groups is 1. The molecule has 0 saturated carbocycles. The van der Waals surface area contributed by atoms with Crippen LogP contribution in [0.5, 0.6) is 0 Å². The summed E-state index contributed by atoms with van der Waals surface area (Å²) < 4.78 is 0.703. The lowest BCUT2D eigenvalue weighted by atomic mass is 10.1. The van der Waals surface area contributed by atoms with Gasteiger partial charge in [-0.1, -0.05) is 15.9 Å². The van der Waals surface area contributed by atoms with Gasteiger partial charge in [-0.15, -0.1) is 0 Å². The Bertz CT molecular complexity index is 439. The number of aliphatic hydroxyl groups excluding tert-OH is 1. The van der Waals surface area contributed by atoms with Gasteiger partial charge < -0.3 is 5.11 Å². The Hall–Kier alpha value is -0.980. The Morgan fingerprint density at radius 3 is 2.94 bits per heavy atom. The van der Waals surface area contributed by atoms with Crippen LogP contribution in [0.1, 0.15) is 12.0 Å². The number of hydrogen-bond acceptors (Lipinski definition) is 4. The number of benzene rings is 1. The Labute approximate surface area is 107 Å². The van der Waals surface area contributed by atoms with Crippen LogP contribution in [-0.2, 0) is 6.54 Å². The summed E-state index contributed by atoms with van der Waals surface area (Å²) in [7, 11) is 0. The number of likely N-dealkylation sites (tertiary alicyclic amines) is 1. The number of nitro benzene ring substituents is 1. The van der Waals surface area contributed by atoms with Crippen LogP contribution in [0, 0.1) is 10.1 Å². The van der Waals surface area contributed by atoms with E-state index in [-0.39, 0.29) is 16.7 Å². The molecule has 92 valence electrons. The number of nitrogens with zero attached hydrogens (tertiary/aromatic N) is 2. The van der Waals surface area contributed by atoms with Gasteiger partial charge in [0.2, 0.25) is 0 Å². The molecule has 17 heavy (non-hydrogen) atoms. The molecule has 1 aliphatic rings. The number of rotatable bonds is 3. The molecule has 1 aromatic carbocycles. The fraction of sp³-hybridized carbons (Fsp3) is 0.455. The van der Waals surface area contributed by atoms with Crippen molar-refractivity contribution in [3.8, 4) is 0 Å². The summed E-state index contributed by atoms with van der Waals surface area (Å²) in [5.74, 6) is 0. The predicted octanol–water partition coefficient (Wildman–Crippen LogP) is 1.92. The normalized spacial score (nSPS) is 20.7. The SMILES string of the molecule is O=[N+]([O-])c1cc(Br)ccc1CN1CCC(O)C1. The van der Waals surface area contributed by atoms with E-state index in [1.165, 1.54) is 6.07 Å². The smallest absolute Gasteiger partial charge is 0.275 e. The van der Waals surface area contributed by atoms with Gasteiger partial charge in [-0.25, -0.2) is 0 Å². The Kier molecular flexibility index (Phi) is 3.76. The molecule has 5 nitrogen and oxygen atoms in total. The fourth-order valence-electron chi connectivity index (χ4n) is 2.04. The molecule has 6 heteroatoms. The first-order valence-electron chi connectivity index (χ1n) is 5.39. The summed E-state index contributed by atoms with van der Waals surface area (Å²) in [6.07, 6.45) is 0.439. The van der Waals surface area contributed by atoms with Crippen LogP contribution in [0.25, 0.3) is 0 Å². The van der Waals surface area contributed by atoms with Crippen molar-refractivity contribution in [1.29, 1.82) is 0 Å². The first-order valence-corrected chi connectivity index (χ1v) is 6.19. The van der Waals surface area contributed by atoms with Gasteiger partial charge in [-0.2, -0.15) is 0 Å². The van der Waals surface area contributed by atoms with Gasteiger partial charge in [0, 0.05) is 35.7 Å². The second kappa shape index (κ2) is 5.12. The summed E-state index contributed by atoms with van der Waals surface area (Å²) in [4.78, 5) is 12.6. The second-order valence-corrected chi connectivity index (χ2v) is 5.12. The number of halogens is 1. The minimum absolute atomic E-state index is 0.126. The summed E-state index contributed by atoms with van der Waals surface area (Å²) >= 11 is 3.23. The average molecular weight is 301 g/mol. The van der Waals surface area contributed by atoms with Crippen LogP contribution in [0.15, 0.2) is 22.7 Å². The molecule has 1 aliphatic heterocycles. The highest BCUT2D eigenvalue weighted by Gasteiger charge is 2.23.